The predicted molar refractivity (Wildman–Crippen MR) is 104 cm³/mol. The van der Waals surface area contributed by atoms with Crippen molar-refractivity contribution < 1.29 is 4.52 Å². The van der Waals surface area contributed by atoms with E-state index in [1.54, 1.807) is 11.8 Å². The third-order valence-electron chi connectivity index (χ3n) is 4.88. The normalized spacial score (nSPS) is 16.5. The fourth-order valence-electron chi connectivity index (χ4n) is 3.46. The van der Waals surface area contributed by atoms with E-state index in [1.807, 2.05) is 25.1 Å². The molecule has 0 saturated carbocycles. The van der Waals surface area contributed by atoms with E-state index in [9.17, 15) is 0 Å². The second kappa shape index (κ2) is 8.22. The first-order valence-electron chi connectivity index (χ1n) is 9.39. The summed E-state index contributed by atoms with van der Waals surface area (Å²) in [5.41, 5.74) is 1.07. The van der Waals surface area contributed by atoms with Crippen molar-refractivity contribution in [1.29, 1.82) is 0 Å². The van der Waals surface area contributed by atoms with Crippen LogP contribution in [0.1, 0.15) is 49.8 Å². The largest absolute Gasteiger partial charge is 0.338 e. The second-order valence-corrected chi connectivity index (χ2v) is 7.75. The minimum absolute atomic E-state index is 0.220. The molecule has 1 atom stereocenters. The molecule has 2 aromatic heterocycles. The Balaban J connectivity index is 1.63. The van der Waals surface area contributed by atoms with Gasteiger partial charge >= 0.3 is 0 Å². The number of rotatable bonds is 6. The number of benzene rings is 1. The lowest BCUT2D eigenvalue weighted by molar-refractivity contribution is 0.167. The average molecular weight is 385 g/mol. The van der Waals surface area contributed by atoms with Crippen LogP contribution in [0.4, 0.5) is 0 Å². The van der Waals surface area contributed by atoms with Crippen molar-refractivity contribution in [2.45, 2.75) is 50.1 Å². The maximum Gasteiger partial charge on any atom is 0.237 e. The van der Waals surface area contributed by atoms with E-state index >= 15 is 0 Å². The van der Waals surface area contributed by atoms with Crippen molar-refractivity contribution in [3.05, 3.63) is 47.9 Å². The number of aryl methyl sites for hydroxylation is 1. The molecule has 27 heavy (non-hydrogen) atoms. The first-order chi connectivity index (χ1) is 13.2. The van der Waals surface area contributed by atoms with Crippen molar-refractivity contribution in [2.75, 3.05) is 13.1 Å². The van der Waals surface area contributed by atoms with Crippen LogP contribution in [0.5, 0.6) is 0 Å². The van der Waals surface area contributed by atoms with Gasteiger partial charge in [0.1, 0.15) is 0 Å². The summed E-state index contributed by atoms with van der Waals surface area (Å²) in [5.74, 6) is 2.80. The highest BCUT2D eigenvalue weighted by atomic mass is 32.2. The number of likely N-dealkylation sites (tertiary alicyclic amines) is 1. The lowest BCUT2D eigenvalue weighted by atomic mass is 10.1. The summed E-state index contributed by atoms with van der Waals surface area (Å²) in [6.07, 6.45) is 3.82. The molecule has 8 heteroatoms. The topological polar surface area (TPSA) is 72.9 Å². The van der Waals surface area contributed by atoms with Gasteiger partial charge in [0.2, 0.25) is 5.89 Å². The zero-order valence-corrected chi connectivity index (χ0v) is 16.5. The first-order valence-corrected chi connectivity index (χ1v) is 10.4. The molecule has 3 heterocycles. The summed E-state index contributed by atoms with van der Waals surface area (Å²) in [6.45, 7) is 6.28. The van der Waals surface area contributed by atoms with Gasteiger partial charge in [0, 0.05) is 5.69 Å². The molecule has 0 bridgehead atoms. The van der Waals surface area contributed by atoms with Crippen molar-refractivity contribution in [3.8, 4) is 5.69 Å². The summed E-state index contributed by atoms with van der Waals surface area (Å²) >= 11 is 1.57. The van der Waals surface area contributed by atoms with E-state index in [0.717, 1.165) is 29.8 Å². The van der Waals surface area contributed by atoms with Gasteiger partial charge in [0.15, 0.2) is 16.8 Å². The Bertz CT molecular complexity index is 871. The minimum Gasteiger partial charge on any atom is -0.338 e. The van der Waals surface area contributed by atoms with Gasteiger partial charge in [-0.1, -0.05) is 41.5 Å². The highest BCUT2D eigenvalue weighted by Crippen LogP contribution is 2.30. The molecule has 0 N–H and O–H groups in total. The van der Waals surface area contributed by atoms with E-state index < -0.39 is 0 Å². The molecule has 3 aromatic rings. The smallest absolute Gasteiger partial charge is 0.237 e. The molecule has 7 nitrogen and oxygen atoms in total. The molecule has 0 aliphatic carbocycles. The van der Waals surface area contributed by atoms with Gasteiger partial charge in [-0.15, -0.1) is 10.2 Å². The van der Waals surface area contributed by atoms with E-state index in [-0.39, 0.29) is 6.04 Å². The van der Waals surface area contributed by atoms with Gasteiger partial charge in [-0.05, 0) is 51.9 Å². The molecule has 0 spiro atoms. The molecular weight excluding hydrogens is 360 g/mol. The molecule has 0 radical (unpaired) electrons. The van der Waals surface area contributed by atoms with Crippen molar-refractivity contribution >= 4 is 11.8 Å². The molecule has 0 unspecified atom stereocenters. The fraction of sp³-hybridized carbons (Fsp3) is 0.474. The molecule has 1 aliphatic heterocycles. The number of piperidine rings is 1. The molecule has 4 rings (SSSR count). The van der Waals surface area contributed by atoms with Gasteiger partial charge in [0.05, 0.1) is 11.8 Å². The monoisotopic (exact) mass is 384 g/mol. The zero-order chi connectivity index (χ0) is 18.6. The van der Waals surface area contributed by atoms with Crippen LogP contribution >= 0.6 is 11.8 Å². The van der Waals surface area contributed by atoms with Gasteiger partial charge in [-0.2, -0.15) is 4.98 Å². The van der Waals surface area contributed by atoms with Crippen LogP contribution in [0, 0.1) is 6.92 Å². The Labute approximate surface area is 163 Å². The number of hydrogen-bond donors (Lipinski definition) is 0. The maximum absolute atomic E-state index is 5.23. The Morgan fingerprint density at radius 1 is 1.11 bits per heavy atom. The van der Waals surface area contributed by atoms with Crippen LogP contribution in [-0.2, 0) is 5.75 Å². The Kier molecular flexibility index (Phi) is 5.54. The second-order valence-electron chi connectivity index (χ2n) is 6.81. The average Bonchev–Trinajstić information content (AvgIpc) is 3.33. The van der Waals surface area contributed by atoms with Crippen LogP contribution in [0.15, 0.2) is 40.0 Å². The molecule has 0 amide bonds. The maximum atomic E-state index is 5.23. The summed E-state index contributed by atoms with van der Waals surface area (Å²) in [4.78, 5) is 6.78. The Morgan fingerprint density at radius 3 is 2.59 bits per heavy atom. The molecule has 1 aromatic carbocycles. The lowest BCUT2D eigenvalue weighted by Gasteiger charge is -2.31. The van der Waals surface area contributed by atoms with E-state index in [4.69, 9.17) is 4.52 Å². The van der Waals surface area contributed by atoms with Gasteiger partial charge in [-0.3, -0.25) is 9.47 Å². The van der Waals surface area contributed by atoms with Gasteiger partial charge in [-0.25, -0.2) is 0 Å². The minimum atomic E-state index is 0.220. The van der Waals surface area contributed by atoms with Crippen LogP contribution in [0.25, 0.3) is 5.69 Å². The Hall–Kier alpha value is -2.19. The SMILES string of the molecule is Cc1noc(CSc2nnc([C@H](C)N3CCCCC3)n2-c2ccccc2)n1. The predicted octanol–water partition coefficient (Wildman–Crippen LogP) is 3.80. The van der Waals surface area contributed by atoms with Crippen molar-refractivity contribution in [3.63, 3.8) is 0 Å². The van der Waals surface area contributed by atoms with E-state index in [0.29, 0.717) is 17.5 Å². The zero-order valence-electron chi connectivity index (χ0n) is 15.7. The summed E-state index contributed by atoms with van der Waals surface area (Å²) < 4.78 is 7.39. The Morgan fingerprint density at radius 2 is 1.89 bits per heavy atom. The molecule has 142 valence electrons. The van der Waals surface area contributed by atoms with Gasteiger partial charge < -0.3 is 4.52 Å². The van der Waals surface area contributed by atoms with Gasteiger partial charge in [0.25, 0.3) is 0 Å². The lowest BCUT2D eigenvalue weighted by Crippen LogP contribution is -2.33. The number of nitrogens with zero attached hydrogens (tertiary/aromatic N) is 6. The van der Waals surface area contributed by atoms with E-state index in [1.165, 1.54) is 19.3 Å². The molecular formula is C19H24N6OS. The first kappa shape index (κ1) is 18.2. The standard InChI is InChI=1S/C19H24N6OS/c1-14(24-11-7-4-8-12-24)18-21-22-19(25(18)16-9-5-3-6-10-16)27-13-17-20-15(2)23-26-17/h3,5-6,9-10,14H,4,7-8,11-13H2,1-2H3/t14-/m0/s1. The summed E-state index contributed by atoms with van der Waals surface area (Å²) in [7, 11) is 0. The van der Waals surface area contributed by atoms with Crippen LogP contribution in [0.2, 0.25) is 0 Å². The quantitative estimate of drug-likeness (QED) is 0.599. The summed E-state index contributed by atoms with van der Waals surface area (Å²) in [5, 5.41) is 13.8. The van der Waals surface area contributed by atoms with Crippen LogP contribution in [-0.4, -0.2) is 42.9 Å². The van der Waals surface area contributed by atoms with Crippen LogP contribution in [0.3, 0.4) is 0 Å². The number of thioether (sulfide) groups is 1. The number of hydrogen-bond acceptors (Lipinski definition) is 7. The van der Waals surface area contributed by atoms with Crippen molar-refractivity contribution in [1.82, 2.24) is 29.8 Å². The number of aromatic nitrogens is 5. The van der Waals surface area contributed by atoms with E-state index in [2.05, 4.69) is 48.9 Å². The third-order valence-corrected chi connectivity index (χ3v) is 5.79. The highest BCUT2D eigenvalue weighted by molar-refractivity contribution is 7.98. The highest BCUT2D eigenvalue weighted by Gasteiger charge is 2.25. The summed E-state index contributed by atoms with van der Waals surface area (Å²) in [6, 6.07) is 10.5. The van der Waals surface area contributed by atoms with Crippen LogP contribution < -0.4 is 0 Å². The van der Waals surface area contributed by atoms with Crippen molar-refractivity contribution in [2.24, 2.45) is 0 Å². The third kappa shape index (κ3) is 4.06. The molecule has 1 fully saturated rings. The molecule has 1 aliphatic rings. The number of para-hydroxylation sites is 1. The fourth-order valence-corrected chi connectivity index (χ4v) is 4.26. The molecule has 1 saturated heterocycles.